The van der Waals surface area contributed by atoms with Gasteiger partial charge in [0.15, 0.2) is 0 Å². The molecular formula is C12H14N2O3S. The monoisotopic (exact) mass is 266 g/mol. The summed E-state index contributed by atoms with van der Waals surface area (Å²) in [6, 6.07) is 6.22. The van der Waals surface area contributed by atoms with Crippen LogP contribution in [0.3, 0.4) is 0 Å². The van der Waals surface area contributed by atoms with Gasteiger partial charge in [0.1, 0.15) is 6.04 Å². The molecule has 0 bridgehead atoms. The van der Waals surface area contributed by atoms with Crippen LogP contribution in [-0.4, -0.2) is 39.6 Å². The lowest BCUT2D eigenvalue weighted by atomic mass is 10.1. The molecule has 1 aliphatic heterocycles. The minimum atomic E-state index is -0.952. The number of hydrogen-bond acceptors (Lipinski definition) is 4. The van der Waals surface area contributed by atoms with Crippen molar-refractivity contribution in [3.8, 4) is 0 Å². The van der Waals surface area contributed by atoms with E-state index in [1.165, 1.54) is 16.7 Å². The third-order valence-corrected chi connectivity index (χ3v) is 3.88. The van der Waals surface area contributed by atoms with E-state index >= 15 is 0 Å². The molecule has 5 nitrogen and oxygen atoms in total. The second-order valence-corrected chi connectivity index (χ2v) is 5.03. The number of aliphatic carboxylic acids is 1. The number of carbonyl (C=O) groups is 2. The third-order valence-electron chi connectivity index (χ3n) is 2.86. The number of nitrogens with two attached hydrogens (primary N) is 1. The maximum atomic E-state index is 12.2. The van der Waals surface area contributed by atoms with Gasteiger partial charge in [0.25, 0.3) is 5.91 Å². The van der Waals surface area contributed by atoms with E-state index in [9.17, 15) is 9.59 Å². The standard InChI is InChI=1S/C12H14N2O3S/c13-5-8-1-3-9(4-2-8)11(15)14-7-18-6-10(14)12(16)17/h1-4,10H,5-7,13H2,(H,16,17). The average Bonchev–Trinajstić information content (AvgIpc) is 2.87. The minimum absolute atomic E-state index is 0.240. The summed E-state index contributed by atoms with van der Waals surface area (Å²) in [7, 11) is 0. The van der Waals surface area contributed by atoms with Crippen LogP contribution in [0.15, 0.2) is 24.3 Å². The van der Waals surface area contributed by atoms with Gasteiger partial charge in [0.05, 0.1) is 5.88 Å². The van der Waals surface area contributed by atoms with Gasteiger partial charge in [-0.25, -0.2) is 4.79 Å². The van der Waals surface area contributed by atoms with E-state index in [1.54, 1.807) is 24.3 Å². The lowest BCUT2D eigenvalue weighted by Gasteiger charge is -2.20. The number of carboxylic acids is 1. The smallest absolute Gasteiger partial charge is 0.327 e. The Morgan fingerprint density at radius 3 is 2.61 bits per heavy atom. The molecule has 1 aromatic rings. The highest BCUT2D eigenvalue weighted by molar-refractivity contribution is 7.99. The summed E-state index contributed by atoms with van der Waals surface area (Å²) in [5.74, 6) is -0.320. The molecule has 2 rings (SSSR count). The van der Waals surface area contributed by atoms with Crippen molar-refractivity contribution in [2.75, 3.05) is 11.6 Å². The summed E-state index contributed by atoms with van der Waals surface area (Å²) >= 11 is 1.45. The highest BCUT2D eigenvalue weighted by Crippen LogP contribution is 2.23. The number of carboxylic acid groups (broad SMARTS) is 1. The van der Waals surface area contributed by atoms with Gasteiger partial charge >= 0.3 is 5.97 Å². The molecule has 3 N–H and O–H groups in total. The maximum Gasteiger partial charge on any atom is 0.327 e. The van der Waals surface area contributed by atoms with Gasteiger partial charge in [-0.15, -0.1) is 11.8 Å². The van der Waals surface area contributed by atoms with E-state index in [0.29, 0.717) is 23.7 Å². The van der Waals surface area contributed by atoms with Crippen LogP contribution in [-0.2, 0) is 11.3 Å². The van der Waals surface area contributed by atoms with Gasteiger partial charge in [-0.2, -0.15) is 0 Å². The molecule has 0 saturated carbocycles. The largest absolute Gasteiger partial charge is 0.480 e. The molecule has 0 aromatic heterocycles. The number of amides is 1. The summed E-state index contributed by atoms with van der Waals surface area (Å²) < 4.78 is 0. The fraction of sp³-hybridized carbons (Fsp3) is 0.333. The normalized spacial score (nSPS) is 18.9. The topological polar surface area (TPSA) is 83.6 Å². The van der Waals surface area contributed by atoms with Gasteiger partial charge < -0.3 is 15.7 Å². The van der Waals surface area contributed by atoms with Gasteiger partial charge in [0.2, 0.25) is 0 Å². The Morgan fingerprint density at radius 1 is 1.39 bits per heavy atom. The zero-order chi connectivity index (χ0) is 13.1. The van der Waals surface area contributed by atoms with Crippen molar-refractivity contribution < 1.29 is 14.7 Å². The number of carbonyl (C=O) groups excluding carboxylic acids is 1. The first kappa shape index (κ1) is 12.9. The molecule has 6 heteroatoms. The number of rotatable bonds is 3. The Labute approximate surface area is 109 Å². The second kappa shape index (κ2) is 5.41. The van der Waals surface area contributed by atoms with Crippen LogP contribution in [0.4, 0.5) is 0 Å². The molecule has 1 fully saturated rings. The van der Waals surface area contributed by atoms with E-state index in [4.69, 9.17) is 10.8 Å². The number of hydrogen-bond donors (Lipinski definition) is 2. The number of nitrogens with zero attached hydrogens (tertiary/aromatic N) is 1. The van der Waals surface area contributed by atoms with Crippen LogP contribution in [0.1, 0.15) is 15.9 Å². The lowest BCUT2D eigenvalue weighted by molar-refractivity contribution is -0.140. The SMILES string of the molecule is NCc1ccc(C(=O)N2CSCC2C(=O)O)cc1. The van der Waals surface area contributed by atoms with E-state index in [-0.39, 0.29) is 5.91 Å². The van der Waals surface area contributed by atoms with Crippen LogP contribution < -0.4 is 5.73 Å². The van der Waals surface area contributed by atoms with Crippen LogP contribution >= 0.6 is 11.8 Å². The molecule has 0 spiro atoms. The zero-order valence-corrected chi connectivity index (χ0v) is 10.5. The van der Waals surface area contributed by atoms with E-state index < -0.39 is 12.0 Å². The van der Waals surface area contributed by atoms with Crippen molar-refractivity contribution >= 4 is 23.6 Å². The summed E-state index contributed by atoms with van der Waals surface area (Å²) in [5, 5.41) is 9.04. The molecule has 1 saturated heterocycles. The molecule has 0 aliphatic carbocycles. The lowest BCUT2D eigenvalue weighted by Crippen LogP contribution is -2.41. The molecule has 1 aliphatic rings. The Hall–Kier alpha value is -1.53. The van der Waals surface area contributed by atoms with Crippen molar-refractivity contribution in [2.24, 2.45) is 5.73 Å². The molecule has 1 heterocycles. The quantitative estimate of drug-likeness (QED) is 0.843. The Kier molecular flexibility index (Phi) is 3.88. The predicted molar refractivity (Wildman–Crippen MR) is 69.3 cm³/mol. The number of benzene rings is 1. The van der Waals surface area contributed by atoms with E-state index in [2.05, 4.69) is 0 Å². The molecule has 1 aromatic carbocycles. The van der Waals surface area contributed by atoms with E-state index in [0.717, 1.165) is 5.56 Å². The van der Waals surface area contributed by atoms with Gasteiger partial charge in [0, 0.05) is 17.9 Å². The first-order chi connectivity index (χ1) is 8.63. The highest BCUT2D eigenvalue weighted by atomic mass is 32.2. The first-order valence-corrected chi connectivity index (χ1v) is 6.69. The van der Waals surface area contributed by atoms with Crippen LogP contribution in [0, 0.1) is 0 Å². The first-order valence-electron chi connectivity index (χ1n) is 5.54. The fourth-order valence-corrected chi connectivity index (χ4v) is 2.94. The van der Waals surface area contributed by atoms with Crippen LogP contribution in [0.2, 0.25) is 0 Å². The Balaban J connectivity index is 2.17. The second-order valence-electron chi connectivity index (χ2n) is 4.03. The summed E-state index contributed by atoms with van der Waals surface area (Å²) in [4.78, 5) is 24.6. The van der Waals surface area contributed by atoms with Crippen molar-refractivity contribution in [1.29, 1.82) is 0 Å². The van der Waals surface area contributed by atoms with Crippen LogP contribution in [0.5, 0.6) is 0 Å². The Bertz CT molecular complexity index is 461. The fourth-order valence-electron chi connectivity index (χ4n) is 1.80. The molecule has 1 atom stereocenters. The summed E-state index contributed by atoms with van der Waals surface area (Å²) in [6.45, 7) is 0.422. The predicted octanol–water partition coefficient (Wildman–Crippen LogP) is 0.745. The van der Waals surface area contributed by atoms with Crippen molar-refractivity contribution in [2.45, 2.75) is 12.6 Å². The van der Waals surface area contributed by atoms with E-state index in [1.807, 2.05) is 0 Å². The highest BCUT2D eigenvalue weighted by Gasteiger charge is 2.34. The molecule has 1 amide bonds. The third kappa shape index (κ3) is 2.49. The molecule has 96 valence electrons. The van der Waals surface area contributed by atoms with Crippen molar-refractivity contribution in [3.05, 3.63) is 35.4 Å². The van der Waals surface area contributed by atoms with Gasteiger partial charge in [-0.05, 0) is 17.7 Å². The van der Waals surface area contributed by atoms with Gasteiger partial charge in [-0.1, -0.05) is 12.1 Å². The molecule has 0 radical (unpaired) electrons. The summed E-state index contributed by atoms with van der Waals surface area (Å²) in [6.07, 6.45) is 0. The van der Waals surface area contributed by atoms with Crippen LogP contribution in [0.25, 0.3) is 0 Å². The summed E-state index contributed by atoms with van der Waals surface area (Å²) in [5.41, 5.74) is 6.93. The molecule has 18 heavy (non-hydrogen) atoms. The van der Waals surface area contributed by atoms with Gasteiger partial charge in [-0.3, -0.25) is 4.79 Å². The van der Waals surface area contributed by atoms with Crippen molar-refractivity contribution in [3.63, 3.8) is 0 Å². The zero-order valence-electron chi connectivity index (χ0n) is 9.70. The number of thioether (sulfide) groups is 1. The average molecular weight is 266 g/mol. The molecular weight excluding hydrogens is 252 g/mol. The van der Waals surface area contributed by atoms with Crippen molar-refractivity contribution in [1.82, 2.24) is 4.90 Å². The Morgan fingerprint density at radius 2 is 2.06 bits per heavy atom. The minimum Gasteiger partial charge on any atom is -0.480 e. The maximum absolute atomic E-state index is 12.2. The molecule has 1 unspecified atom stereocenters.